The minimum absolute atomic E-state index is 0. The average molecular weight is 294 g/mol. The Kier molecular flexibility index (Phi) is 6.31. The van der Waals surface area contributed by atoms with E-state index in [9.17, 15) is 0 Å². The first-order valence-electron chi connectivity index (χ1n) is 7.09. The summed E-state index contributed by atoms with van der Waals surface area (Å²) in [7, 11) is 0. The highest BCUT2D eigenvalue weighted by atomic mass is 35.5. The molecule has 2 atom stereocenters. The molecule has 0 amide bonds. The third-order valence-corrected chi connectivity index (χ3v) is 3.82. The lowest BCUT2D eigenvalue weighted by Crippen LogP contribution is -2.20. The molecule has 2 aromatic carbocycles. The van der Waals surface area contributed by atoms with Crippen molar-refractivity contribution in [2.45, 2.75) is 33.2 Å². The fourth-order valence-electron chi connectivity index (χ4n) is 2.44. The van der Waals surface area contributed by atoms with Crippen LogP contribution in [0.15, 0.2) is 36.4 Å². The molecule has 0 saturated heterocycles. The van der Waals surface area contributed by atoms with Crippen molar-refractivity contribution in [2.75, 3.05) is 6.61 Å². The van der Waals surface area contributed by atoms with Crippen LogP contribution in [0, 0.1) is 5.92 Å². The van der Waals surface area contributed by atoms with Gasteiger partial charge in [0.25, 0.3) is 0 Å². The zero-order valence-corrected chi connectivity index (χ0v) is 13.2. The Morgan fingerprint density at radius 1 is 1.10 bits per heavy atom. The first kappa shape index (κ1) is 16.8. The fourth-order valence-corrected chi connectivity index (χ4v) is 2.44. The van der Waals surface area contributed by atoms with Crippen LogP contribution >= 0.6 is 12.4 Å². The molecule has 2 aromatic rings. The van der Waals surface area contributed by atoms with Crippen molar-refractivity contribution < 1.29 is 4.74 Å². The van der Waals surface area contributed by atoms with Crippen LogP contribution < -0.4 is 10.5 Å². The molecule has 2 N–H and O–H groups in total. The Balaban J connectivity index is 0.00000200. The van der Waals surface area contributed by atoms with E-state index >= 15 is 0 Å². The molecule has 0 bridgehead atoms. The molecule has 0 radical (unpaired) electrons. The molecule has 0 spiro atoms. The minimum Gasteiger partial charge on any atom is -0.494 e. The highest BCUT2D eigenvalue weighted by Gasteiger charge is 2.20. The molecule has 0 fully saturated rings. The number of rotatable bonds is 5. The molecule has 110 valence electrons. The van der Waals surface area contributed by atoms with E-state index in [4.69, 9.17) is 10.5 Å². The Morgan fingerprint density at radius 2 is 1.80 bits per heavy atom. The van der Waals surface area contributed by atoms with Gasteiger partial charge in [-0.2, -0.15) is 0 Å². The van der Waals surface area contributed by atoms with Crippen LogP contribution in [-0.4, -0.2) is 6.61 Å². The molecule has 0 aliphatic carbocycles. The van der Waals surface area contributed by atoms with E-state index in [1.807, 2.05) is 13.0 Å². The van der Waals surface area contributed by atoms with E-state index < -0.39 is 0 Å². The van der Waals surface area contributed by atoms with Crippen molar-refractivity contribution in [1.82, 2.24) is 0 Å². The molecule has 0 aliphatic rings. The molecule has 20 heavy (non-hydrogen) atoms. The van der Waals surface area contributed by atoms with E-state index in [0.29, 0.717) is 12.5 Å². The number of fused-ring (bicyclic) bond motifs is 1. The van der Waals surface area contributed by atoms with Crippen LogP contribution in [0.2, 0.25) is 0 Å². The molecule has 0 heterocycles. The monoisotopic (exact) mass is 293 g/mol. The molecule has 0 aliphatic heterocycles. The summed E-state index contributed by atoms with van der Waals surface area (Å²) in [6, 6.07) is 12.5. The molecular weight excluding hydrogens is 270 g/mol. The second-order valence-electron chi connectivity index (χ2n) is 5.04. The van der Waals surface area contributed by atoms with Gasteiger partial charge in [0, 0.05) is 11.6 Å². The zero-order valence-electron chi connectivity index (χ0n) is 12.4. The van der Waals surface area contributed by atoms with Crippen molar-refractivity contribution in [3.8, 4) is 5.75 Å². The number of nitrogens with two attached hydrogens (primary N) is 1. The Morgan fingerprint density at radius 3 is 2.45 bits per heavy atom. The molecule has 3 heteroatoms. The summed E-state index contributed by atoms with van der Waals surface area (Å²) in [5, 5.41) is 2.43. The zero-order chi connectivity index (χ0) is 13.8. The molecule has 0 aromatic heterocycles. The first-order valence-corrected chi connectivity index (χ1v) is 7.09. The van der Waals surface area contributed by atoms with Crippen LogP contribution in [0.25, 0.3) is 10.8 Å². The maximum atomic E-state index is 6.47. The SMILES string of the molecule is CCOc1ccc2ccccc2c1[C@H](N)C(C)CC.Cl. The second kappa shape index (κ2) is 7.51. The van der Waals surface area contributed by atoms with Crippen molar-refractivity contribution in [1.29, 1.82) is 0 Å². The van der Waals surface area contributed by atoms with E-state index in [1.165, 1.54) is 10.8 Å². The van der Waals surface area contributed by atoms with E-state index in [2.05, 4.69) is 44.2 Å². The number of ether oxygens (including phenoxy) is 1. The molecule has 1 unspecified atom stereocenters. The lowest BCUT2D eigenvalue weighted by atomic mass is 9.89. The maximum absolute atomic E-state index is 6.47. The van der Waals surface area contributed by atoms with E-state index in [-0.39, 0.29) is 18.4 Å². The van der Waals surface area contributed by atoms with Crippen LogP contribution in [0.5, 0.6) is 5.75 Å². The third kappa shape index (κ3) is 3.25. The normalized spacial score (nSPS) is 13.6. The Bertz CT molecular complexity index is 556. The van der Waals surface area contributed by atoms with Gasteiger partial charge in [-0.3, -0.25) is 0 Å². The summed E-state index contributed by atoms with van der Waals surface area (Å²) in [6.45, 7) is 7.05. The maximum Gasteiger partial charge on any atom is 0.124 e. The van der Waals surface area contributed by atoms with Gasteiger partial charge in [0.2, 0.25) is 0 Å². The van der Waals surface area contributed by atoms with Gasteiger partial charge in [-0.15, -0.1) is 12.4 Å². The van der Waals surface area contributed by atoms with Gasteiger partial charge < -0.3 is 10.5 Å². The number of halogens is 1. The summed E-state index contributed by atoms with van der Waals surface area (Å²) in [4.78, 5) is 0. The first-order chi connectivity index (χ1) is 9.19. The Labute approximate surface area is 127 Å². The second-order valence-corrected chi connectivity index (χ2v) is 5.04. The lowest BCUT2D eigenvalue weighted by Gasteiger charge is -2.23. The van der Waals surface area contributed by atoms with Gasteiger partial charge in [0.15, 0.2) is 0 Å². The fraction of sp³-hybridized carbons (Fsp3) is 0.412. The van der Waals surface area contributed by atoms with E-state index in [0.717, 1.165) is 17.7 Å². The average Bonchev–Trinajstić information content (AvgIpc) is 2.45. The van der Waals surface area contributed by atoms with Gasteiger partial charge in [-0.1, -0.05) is 50.6 Å². The summed E-state index contributed by atoms with van der Waals surface area (Å²) < 4.78 is 5.78. The standard InChI is InChI=1S/C17H23NO.ClH/c1-4-12(3)17(18)16-14-9-7-6-8-13(14)10-11-15(16)19-5-2;/h6-12,17H,4-5,18H2,1-3H3;1H/t12?,17-;/m1./s1. The quantitative estimate of drug-likeness (QED) is 0.867. The molecular formula is C17H24ClNO. The molecule has 2 rings (SSSR count). The largest absolute Gasteiger partial charge is 0.494 e. The molecule has 2 nitrogen and oxygen atoms in total. The lowest BCUT2D eigenvalue weighted by molar-refractivity contribution is 0.329. The van der Waals surface area contributed by atoms with Crippen LogP contribution in [-0.2, 0) is 0 Å². The van der Waals surface area contributed by atoms with Gasteiger partial charge >= 0.3 is 0 Å². The third-order valence-electron chi connectivity index (χ3n) is 3.82. The molecule has 0 saturated carbocycles. The van der Waals surface area contributed by atoms with Crippen molar-refractivity contribution in [3.05, 3.63) is 42.0 Å². The minimum atomic E-state index is 0. The topological polar surface area (TPSA) is 35.2 Å². The van der Waals surface area contributed by atoms with Crippen molar-refractivity contribution in [3.63, 3.8) is 0 Å². The predicted octanol–water partition coefficient (Wildman–Crippen LogP) is 4.71. The van der Waals surface area contributed by atoms with Gasteiger partial charge in [0.05, 0.1) is 6.61 Å². The summed E-state index contributed by atoms with van der Waals surface area (Å²) in [5.41, 5.74) is 7.61. The summed E-state index contributed by atoms with van der Waals surface area (Å²) in [6.07, 6.45) is 1.07. The summed E-state index contributed by atoms with van der Waals surface area (Å²) >= 11 is 0. The highest BCUT2D eigenvalue weighted by molar-refractivity contribution is 5.88. The smallest absolute Gasteiger partial charge is 0.124 e. The predicted molar refractivity (Wildman–Crippen MR) is 88.7 cm³/mol. The highest BCUT2D eigenvalue weighted by Crippen LogP contribution is 2.36. The summed E-state index contributed by atoms with van der Waals surface area (Å²) in [5.74, 6) is 1.36. The van der Waals surface area contributed by atoms with Crippen LogP contribution in [0.1, 0.15) is 38.8 Å². The van der Waals surface area contributed by atoms with Crippen LogP contribution in [0.4, 0.5) is 0 Å². The van der Waals surface area contributed by atoms with Gasteiger partial charge in [0.1, 0.15) is 5.75 Å². The number of hydrogen-bond donors (Lipinski definition) is 1. The van der Waals surface area contributed by atoms with Crippen molar-refractivity contribution >= 4 is 23.2 Å². The van der Waals surface area contributed by atoms with E-state index in [1.54, 1.807) is 0 Å². The van der Waals surface area contributed by atoms with Gasteiger partial charge in [-0.25, -0.2) is 0 Å². The van der Waals surface area contributed by atoms with Crippen molar-refractivity contribution in [2.24, 2.45) is 11.7 Å². The van der Waals surface area contributed by atoms with Gasteiger partial charge in [-0.05, 0) is 29.7 Å². The Hall–Kier alpha value is -1.25. The number of benzene rings is 2. The number of hydrogen-bond acceptors (Lipinski definition) is 2. The van der Waals surface area contributed by atoms with Crippen LogP contribution in [0.3, 0.4) is 0 Å².